The highest BCUT2D eigenvalue weighted by molar-refractivity contribution is 7.67. The van der Waals surface area contributed by atoms with E-state index in [0.29, 0.717) is 6.61 Å². The van der Waals surface area contributed by atoms with E-state index in [-0.39, 0.29) is 0 Å². The van der Waals surface area contributed by atoms with Crippen LogP contribution in [0.5, 0.6) is 0 Å². The lowest BCUT2D eigenvalue weighted by atomic mass is 10.9. The molecular formula is C2H3NOS. The van der Waals surface area contributed by atoms with Gasteiger partial charge in [-0.3, -0.25) is 0 Å². The van der Waals surface area contributed by atoms with Gasteiger partial charge in [-0.2, -0.15) is 0 Å². The van der Waals surface area contributed by atoms with Gasteiger partial charge in [0.15, 0.2) is 0 Å². The zero-order valence-electron chi connectivity index (χ0n) is 2.55. The van der Waals surface area contributed by atoms with Crippen LogP contribution in [0.25, 0.3) is 0 Å². The average molecular weight is 89.1 g/mol. The van der Waals surface area contributed by atoms with Crippen molar-refractivity contribution in [3.63, 3.8) is 0 Å². The third-order valence-electron chi connectivity index (χ3n) is 0.313. The van der Waals surface area contributed by atoms with Crippen molar-refractivity contribution in [2.75, 3.05) is 6.61 Å². The van der Waals surface area contributed by atoms with Gasteiger partial charge in [-0.25, -0.2) is 4.84 Å². The molecule has 2 nitrogen and oxygen atoms in total. The molecule has 0 aliphatic carbocycles. The topological polar surface area (TPSA) is 21.6 Å². The Labute approximate surface area is 33.4 Å². The van der Waals surface area contributed by atoms with E-state index in [0.717, 1.165) is 0 Å². The van der Waals surface area contributed by atoms with Crippen LogP contribution in [-0.4, -0.2) is 12.0 Å². The molecule has 0 bridgehead atoms. The van der Waals surface area contributed by atoms with Crippen molar-refractivity contribution in [1.29, 1.82) is 0 Å². The van der Waals surface area contributed by atoms with Crippen molar-refractivity contribution in [2.45, 2.75) is 0 Å². The molecule has 1 rings (SSSR count). The van der Waals surface area contributed by atoms with Gasteiger partial charge in [0.05, 0.1) is 0 Å². The van der Waals surface area contributed by atoms with E-state index >= 15 is 0 Å². The van der Waals surface area contributed by atoms with Gasteiger partial charge in [0.2, 0.25) is 0 Å². The predicted octanol–water partition coefficient (Wildman–Crippen LogP) is 0. The highest BCUT2D eigenvalue weighted by Crippen LogP contribution is 1.73. The lowest BCUT2D eigenvalue weighted by Crippen LogP contribution is -1.76. The van der Waals surface area contributed by atoms with Crippen LogP contribution in [0.15, 0.2) is 4.53 Å². The molecular weight excluding hydrogens is 86.1 g/mol. The highest BCUT2D eigenvalue weighted by atomic mass is 32.1. The first-order valence-corrected chi connectivity index (χ1v) is 2.13. The summed E-state index contributed by atoms with van der Waals surface area (Å²) in [7, 11) is 0. The van der Waals surface area contributed by atoms with Crippen molar-refractivity contribution < 1.29 is 4.84 Å². The minimum absolute atomic E-state index is 0.671. The molecule has 0 aromatic rings. The quantitative estimate of drug-likeness (QED) is 0.383. The van der Waals surface area contributed by atoms with Crippen molar-refractivity contribution >= 4 is 16.5 Å². The van der Waals surface area contributed by atoms with Crippen molar-refractivity contribution in [1.82, 2.24) is 0 Å². The second kappa shape index (κ2) is 1.33. The summed E-state index contributed by atoms with van der Waals surface area (Å²) < 4.78 is 3.44. The Morgan fingerprint density at radius 3 is 3.20 bits per heavy atom. The Balaban J connectivity index is 2.64. The first-order chi connectivity index (χ1) is 2.50. The smallest absolute Gasteiger partial charge is 0.107 e. The fourth-order valence-corrected chi connectivity index (χ4v) is 0.456. The third kappa shape index (κ3) is 0.560. The first-order valence-electron chi connectivity index (χ1n) is 1.30. The van der Waals surface area contributed by atoms with E-state index < -0.39 is 0 Å². The molecule has 0 aromatic heterocycles. The molecule has 0 unspecified atom stereocenters. The van der Waals surface area contributed by atoms with Gasteiger partial charge in [-0.15, -0.1) is 0 Å². The molecule has 0 saturated carbocycles. The van der Waals surface area contributed by atoms with Crippen molar-refractivity contribution in [2.24, 2.45) is 4.53 Å². The first kappa shape index (κ1) is 3.06. The Morgan fingerprint density at radius 1 is 2.00 bits per heavy atom. The van der Waals surface area contributed by atoms with Gasteiger partial charge >= 0.3 is 0 Å². The zero-order valence-corrected chi connectivity index (χ0v) is 3.36. The van der Waals surface area contributed by atoms with Crippen LogP contribution in [0.1, 0.15) is 0 Å². The molecule has 0 amide bonds. The second-order valence-corrected chi connectivity index (χ2v) is 1.34. The SMILES string of the molecule is C1=S=NOC1. The lowest BCUT2D eigenvalue weighted by Gasteiger charge is -1.69. The molecule has 0 atom stereocenters. The number of hydrogen-bond acceptors (Lipinski definition) is 2. The summed E-state index contributed by atoms with van der Waals surface area (Å²) in [5.74, 6) is 0. The van der Waals surface area contributed by atoms with E-state index in [2.05, 4.69) is 9.36 Å². The van der Waals surface area contributed by atoms with Crippen LogP contribution in [0, 0.1) is 0 Å². The zero-order chi connectivity index (χ0) is 3.54. The average Bonchev–Trinajstić information content (AvgIpc) is 1.76. The van der Waals surface area contributed by atoms with Gasteiger partial charge in [0, 0.05) is 5.37 Å². The molecule has 3 heteroatoms. The molecule has 28 valence electrons. The maximum Gasteiger partial charge on any atom is 0.107 e. The van der Waals surface area contributed by atoms with E-state index in [1.165, 1.54) is 11.1 Å². The normalized spacial score (nSPS) is 19.2. The van der Waals surface area contributed by atoms with Gasteiger partial charge in [0.1, 0.15) is 6.61 Å². The van der Waals surface area contributed by atoms with Crippen LogP contribution in [0.2, 0.25) is 0 Å². The summed E-state index contributed by atoms with van der Waals surface area (Å²) in [5.41, 5.74) is 0. The van der Waals surface area contributed by atoms with Crippen molar-refractivity contribution in [3.8, 4) is 0 Å². The fourth-order valence-electron chi connectivity index (χ4n) is 0.152. The summed E-state index contributed by atoms with van der Waals surface area (Å²) in [6, 6.07) is 0. The Bertz CT molecular complexity index is 75.6. The molecule has 1 heterocycles. The summed E-state index contributed by atoms with van der Waals surface area (Å²) in [6.45, 7) is 0.671. The van der Waals surface area contributed by atoms with Crippen LogP contribution >= 0.6 is 0 Å². The monoisotopic (exact) mass is 89.0 g/mol. The molecule has 0 saturated heterocycles. The third-order valence-corrected chi connectivity index (χ3v) is 0.789. The molecule has 0 spiro atoms. The summed E-state index contributed by atoms with van der Waals surface area (Å²) in [5, 5.41) is 1.89. The summed E-state index contributed by atoms with van der Waals surface area (Å²) >= 11 is 1.35. The minimum atomic E-state index is 0.671. The molecule has 0 aromatic carbocycles. The maximum absolute atomic E-state index is 4.48. The van der Waals surface area contributed by atoms with Crippen LogP contribution in [-0.2, 0) is 16.0 Å². The van der Waals surface area contributed by atoms with Crippen LogP contribution < -0.4 is 0 Å². The highest BCUT2D eigenvalue weighted by Gasteiger charge is 1.77. The molecule has 0 radical (unpaired) electrons. The second-order valence-electron chi connectivity index (χ2n) is 0.642. The van der Waals surface area contributed by atoms with E-state index in [1.54, 1.807) is 0 Å². The fraction of sp³-hybridized carbons (Fsp3) is 0.500. The van der Waals surface area contributed by atoms with Crippen LogP contribution in [0.3, 0.4) is 0 Å². The van der Waals surface area contributed by atoms with Gasteiger partial charge < -0.3 is 0 Å². The summed E-state index contributed by atoms with van der Waals surface area (Å²) in [6.07, 6.45) is 0. The largest absolute Gasteiger partial charge is 0.237 e. The Hall–Kier alpha value is -0.150. The van der Waals surface area contributed by atoms with Crippen LogP contribution in [0.4, 0.5) is 0 Å². The Kier molecular flexibility index (Phi) is 0.813. The van der Waals surface area contributed by atoms with Gasteiger partial charge in [-0.1, -0.05) is 4.53 Å². The minimum Gasteiger partial charge on any atom is -0.237 e. The van der Waals surface area contributed by atoms with Gasteiger partial charge in [-0.05, 0) is 11.1 Å². The maximum atomic E-state index is 4.48. The number of nitrogens with zero attached hydrogens (tertiary/aromatic N) is 1. The standard InChI is InChI=1S/C2H3NOS/c1-2-5-3-4-1/h2H,1H2. The molecule has 1 aliphatic heterocycles. The molecule has 0 N–H and O–H groups in total. The molecule has 0 fully saturated rings. The summed E-state index contributed by atoms with van der Waals surface area (Å²) in [4.78, 5) is 4.48. The molecule has 1 aliphatic rings. The van der Waals surface area contributed by atoms with Crippen molar-refractivity contribution in [3.05, 3.63) is 0 Å². The Morgan fingerprint density at radius 2 is 3.00 bits per heavy atom. The van der Waals surface area contributed by atoms with E-state index in [4.69, 9.17) is 0 Å². The lowest BCUT2D eigenvalue weighted by molar-refractivity contribution is 0.201. The van der Waals surface area contributed by atoms with E-state index in [9.17, 15) is 0 Å². The molecule has 5 heavy (non-hydrogen) atoms. The predicted molar refractivity (Wildman–Crippen MR) is 21.8 cm³/mol. The van der Waals surface area contributed by atoms with Gasteiger partial charge in [0.25, 0.3) is 0 Å². The van der Waals surface area contributed by atoms with E-state index in [1.807, 2.05) is 5.37 Å². The number of hydrogen-bond donors (Lipinski definition) is 0. The number of rotatable bonds is 0.